The molecule has 0 spiro atoms. The van der Waals surface area contributed by atoms with E-state index in [9.17, 15) is 18.8 Å². The molecule has 3 amide bonds. The average Bonchev–Trinajstić information content (AvgIpc) is 3.20. The molecule has 166 valence electrons. The highest BCUT2D eigenvalue weighted by molar-refractivity contribution is 6.33. The number of hydrogen-bond acceptors (Lipinski definition) is 4. The van der Waals surface area contributed by atoms with E-state index in [1.807, 2.05) is 0 Å². The van der Waals surface area contributed by atoms with Crippen LogP contribution in [0.25, 0.3) is 0 Å². The van der Waals surface area contributed by atoms with Crippen LogP contribution >= 0.6 is 11.6 Å². The first-order chi connectivity index (χ1) is 14.9. The second-order valence-corrected chi connectivity index (χ2v) is 7.99. The number of likely N-dealkylation sites (tertiary alicyclic amines) is 1. The van der Waals surface area contributed by atoms with Gasteiger partial charge in [0.15, 0.2) is 5.69 Å². The van der Waals surface area contributed by atoms with E-state index in [1.54, 1.807) is 4.90 Å². The zero-order chi connectivity index (χ0) is 22.4. The van der Waals surface area contributed by atoms with Gasteiger partial charge in [-0.25, -0.2) is 9.37 Å². The number of aromatic amines is 1. The van der Waals surface area contributed by atoms with Gasteiger partial charge in [0, 0.05) is 19.0 Å². The number of aromatic nitrogens is 2. The summed E-state index contributed by atoms with van der Waals surface area (Å²) in [6.45, 7) is 1.46. The number of nitrogens with one attached hydrogen (secondary N) is 2. The van der Waals surface area contributed by atoms with E-state index in [0.29, 0.717) is 5.69 Å². The van der Waals surface area contributed by atoms with Gasteiger partial charge in [-0.3, -0.25) is 14.4 Å². The predicted molar refractivity (Wildman–Crippen MR) is 114 cm³/mol. The van der Waals surface area contributed by atoms with Crippen molar-refractivity contribution < 1.29 is 18.8 Å². The van der Waals surface area contributed by atoms with Gasteiger partial charge in [0.25, 0.3) is 11.8 Å². The van der Waals surface area contributed by atoms with Crippen LogP contribution in [0.4, 0.5) is 10.1 Å². The molecule has 1 aromatic heterocycles. The lowest BCUT2D eigenvalue weighted by Crippen LogP contribution is -2.42. The van der Waals surface area contributed by atoms with E-state index >= 15 is 0 Å². The van der Waals surface area contributed by atoms with Crippen LogP contribution in [-0.4, -0.2) is 45.7 Å². The molecule has 31 heavy (non-hydrogen) atoms. The number of anilines is 1. The minimum Gasteiger partial charge on any atom is -0.364 e. The molecular weight excluding hydrogens is 425 g/mol. The lowest BCUT2D eigenvalue weighted by atomic mass is 9.88. The SMILES string of the molecule is NC(=O)c1nc[nH]c1C(=O)N1CCC1.O=C(Nc1ccc(F)cc1Cl)C1CCCCC1. The van der Waals surface area contributed by atoms with Crippen molar-refractivity contribution in [1.82, 2.24) is 14.9 Å². The fourth-order valence-electron chi connectivity index (χ4n) is 3.51. The van der Waals surface area contributed by atoms with Crippen LogP contribution < -0.4 is 11.1 Å². The fourth-order valence-corrected chi connectivity index (χ4v) is 3.73. The van der Waals surface area contributed by atoms with Gasteiger partial charge in [0.1, 0.15) is 11.5 Å². The second-order valence-electron chi connectivity index (χ2n) is 7.58. The van der Waals surface area contributed by atoms with E-state index in [1.165, 1.54) is 30.9 Å². The van der Waals surface area contributed by atoms with E-state index in [4.69, 9.17) is 17.3 Å². The van der Waals surface area contributed by atoms with Gasteiger partial charge >= 0.3 is 0 Å². The van der Waals surface area contributed by atoms with E-state index < -0.39 is 11.7 Å². The Hall–Kier alpha value is -2.94. The predicted octanol–water partition coefficient (Wildman–Crippen LogP) is 3.35. The summed E-state index contributed by atoms with van der Waals surface area (Å²) >= 11 is 5.86. The standard InChI is InChI=1S/C13H15ClFNO.C8H10N4O2/c14-11-8-10(15)6-7-12(11)16-13(17)9-4-2-1-3-5-9;9-7(13)5-6(11-4-10-5)8(14)12-2-1-3-12/h6-9H,1-5H2,(H,16,17);4H,1-3H2,(H2,9,13)(H,10,11). The summed E-state index contributed by atoms with van der Waals surface area (Å²) in [6.07, 6.45) is 7.60. The van der Waals surface area contributed by atoms with Gasteiger partial charge in [-0.15, -0.1) is 0 Å². The Bertz CT molecular complexity index is 954. The first-order valence-electron chi connectivity index (χ1n) is 10.2. The highest BCUT2D eigenvalue weighted by Crippen LogP contribution is 2.27. The molecule has 0 radical (unpaired) electrons. The Labute approximate surface area is 184 Å². The topological polar surface area (TPSA) is 121 Å². The van der Waals surface area contributed by atoms with Crippen molar-refractivity contribution in [3.8, 4) is 0 Å². The maximum atomic E-state index is 12.8. The molecule has 0 atom stereocenters. The molecule has 8 nitrogen and oxygen atoms in total. The van der Waals surface area contributed by atoms with Crippen LogP contribution in [0.2, 0.25) is 5.02 Å². The summed E-state index contributed by atoms with van der Waals surface area (Å²) < 4.78 is 12.8. The first-order valence-corrected chi connectivity index (χ1v) is 10.6. The lowest BCUT2D eigenvalue weighted by Gasteiger charge is -2.30. The largest absolute Gasteiger partial charge is 0.364 e. The number of hydrogen-bond donors (Lipinski definition) is 3. The third kappa shape index (κ3) is 5.81. The number of H-pyrrole nitrogens is 1. The Balaban J connectivity index is 0.000000179. The van der Waals surface area contributed by atoms with Crippen molar-refractivity contribution >= 4 is 35.0 Å². The number of carbonyl (C=O) groups excluding carboxylic acids is 3. The van der Waals surface area contributed by atoms with E-state index in [-0.39, 0.29) is 34.1 Å². The molecule has 1 aliphatic carbocycles. The molecule has 4 N–H and O–H groups in total. The van der Waals surface area contributed by atoms with Gasteiger partial charge in [-0.05, 0) is 37.5 Å². The lowest BCUT2D eigenvalue weighted by molar-refractivity contribution is -0.120. The third-order valence-electron chi connectivity index (χ3n) is 5.39. The van der Waals surface area contributed by atoms with E-state index in [0.717, 1.165) is 45.2 Å². The highest BCUT2D eigenvalue weighted by atomic mass is 35.5. The van der Waals surface area contributed by atoms with Crippen LogP contribution in [0.15, 0.2) is 24.5 Å². The Morgan fingerprint density at radius 3 is 2.45 bits per heavy atom. The molecule has 1 saturated carbocycles. The molecule has 10 heteroatoms. The number of nitrogens with two attached hydrogens (primary N) is 1. The second kappa shape index (κ2) is 10.4. The quantitative estimate of drug-likeness (QED) is 0.662. The molecule has 0 unspecified atom stereocenters. The van der Waals surface area contributed by atoms with Gasteiger partial charge in [0.05, 0.1) is 17.0 Å². The van der Waals surface area contributed by atoms with Crippen molar-refractivity contribution in [2.45, 2.75) is 38.5 Å². The molecular formula is C21H25ClFN5O3. The number of imidazole rings is 1. The third-order valence-corrected chi connectivity index (χ3v) is 5.71. The fraction of sp³-hybridized carbons (Fsp3) is 0.429. The number of amides is 3. The summed E-state index contributed by atoms with van der Waals surface area (Å²) in [5.41, 5.74) is 5.76. The smallest absolute Gasteiger partial charge is 0.272 e. The molecule has 2 aromatic rings. The molecule has 1 aromatic carbocycles. The summed E-state index contributed by atoms with van der Waals surface area (Å²) in [5, 5.41) is 3.01. The van der Waals surface area contributed by atoms with Crippen LogP contribution in [0.1, 0.15) is 59.5 Å². The zero-order valence-corrected chi connectivity index (χ0v) is 17.8. The summed E-state index contributed by atoms with van der Waals surface area (Å²) in [7, 11) is 0. The van der Waals surface area contributed by atoms with Crippen LogP contribution in [0.3, 0.4) is 0 Å². The van der Waals surface area contributed by atoms with Crippen molar-refractivity contribution in [3.05, 3.63) is 46.8 Å². The molecule has 2 heterocycles. The Kier molecular flexibility index (Phi) is 7.62. The number of carbonyl (C=O) groups is 3. The maximum Gasteiger partial charge on any atom is 0.272 e. The number of halogens is 2. The molecule has 2 fully saturated rings. The van der Waals surface area contributed by atoms with Crippen molar-refractivity contribution in [2.75, 3.05) is 18.4 Å². The molecule has 0 bridgehead atoms. The normalized spacial score (nSPS) is 16.0. The number of nitrogens with zero attached hydrogens (tertiary/aromatic N) is 2. The highest BCUT2D eigenvalue weighted by Gasteiger charge is 2.26. The van der Waals surface area contributed by atoms with Crippen molar-refractivity contribution in [3.63, 3.8) is 0 Å². The van der Waals surface area contributed by atoms with Crippen LogP contribution in [0.5, 0.6) is 0 Å². The summed E-state index contributed by atoms with van der Waals surface area (Å²) in [6, 6.07) is 4.00. The molecule has 2 aliphatic rings. The number of benzene rings is 1. The molecule has 4 rings (SSSR count). The van der Waals surface area contributed by atoms with Crippen molar-refractivity contribution in [2.24, 2.45) is 11.7 Å². The van der Waals surface area contributed by atoms with Gasteiger partial charge in [0.2, 0.25) is 5.91 Å². The number of primary amides is 1. The van der Waals surface area contributed by atoms with Crippen LogP contribution in [-0.2, 0) is 4.79 Å². The molecule has 1 aliphatic heterocycles. The monoisotopic (exact) mass is 449 g/mol. The summed E-state index contributed by atoms with van der Waals surface area (Å²) in [5.74, 6) is -1.22. The average molecular weight is 450 g/mol. The summed E-state index contributed by atoms with van der Waals surface area (Å²) in [4.78, 5) is 42.5. The van der Waals surface area contributed by atoms with Crippen LogP contribution in [0, 0.1) is 11.7 Å². The Morgan fingerprint density at radius 1 is 1.16 bits per heavy atom. The molecule has 1 saturated heterocycles. The van der Waals surface area contributed by atoms with Crippen molar-refractivity contribution in [1.29, 1.82) is 0 Å². The van der Waals surface area contributed by atoms with Gasteiger partial charge in [-0.1, -0.05) is 30.9 Å². The maximum absolute atomic E-state index is 12.8. The van der Waals surface area contributed by atoms with Gasteiger partial charge < -0.3 is 20.9 Å². The first kappa shape index (κ1) is 22.7. The Morgan fingerprint density at radius 2 is 1.87 bits per heavy atom. The number of rotatable bonds is 4. The minimum atomic E-state index is -0.685. The van der Waals surface area contributed by atoms with Gasteiger partial charge in [-0.2, -0.15) is 0 Å². The van der Waals surface area contributed by atoms with E-state index in [2.05, 4.69) is 15.3 Å². The minimum absolute atomic E-state index is 0.00166. The zero-order valence-electron chi connectivity index (χ0n) is 17.0.